The maximum Gasteiger partial charge on any atom is 0.0704 e. The molecule has 1 heterocycles. The molecule has 1 rings (SSSR count). The van der Waals surface area contributed by atoms with Crippen LogP contribution in [-0.2, 0) is 0 Å². The summed E-state index contributed by atoms with van der Waals surface area (Å²) in [7, 11) is 0. The van der Waals surface area contributed by atoms with Crippen molar-refractivity contribution >= 4 is 33.3 Å². The van der Waals surface area contributed by atoms with Gasteiger partial charge in [-0.2, -0.15) is 0 Å². The lowest BCUT2D eigenvalue weighted by molar-refractivity contribution is 0.753. The zero-order valence-electron chi connectivity index (χ0n) is 7.88. The van der Waals surface area contributed by atoms with Crippen molar-refractivity contribution in [3.63, 3.8) is 0 Å². The minimum Gasteiger partial charge on any atom is -0.327 e. The molecule has 0 fully saturated rings. The topological polar surface area (TPSA) is 26.0 Å². The van der Waals surface area contributed by atoms with Crippen LogP contribution in [0, 0.1) is 5.92 Å². The molecule has 0 saturated carbocycles. The first-order valence-corrected chi connectivity index (χ1v) is 5.90. The van der Waals surface area contributed by atoms with E-state index in [0.717, 1.165) is 0 Å². The van der Waals surface area contributed by atoms with Gasteiger partial charge in [0.15, 0.2) is 0 Å². The van der Waals surface area contributed by atoms with Gasteiger partial charge in [-0.15, -0.1) is 11.3 Å². The summed E-state index contributed by atoms with van der Waals surface area (Å²) >= 11 is 5.17. The summed E-state index contributed by atoms with van der Waals surface area (Å²) in [5.74, 6) is 0.533. The molecule has 0 spiro atoms. The van der Waals surface area contributed by atoms with Crippen LogP contribution < -0.4 is 5.73 Å². The summed E-state index contributed by atoms with van der Waals surface area (Å²) in [6.07, 6.45) is 2.18. The van der Waals surface area contributed by atoms with Crippen molar-refractivity contribution in [2.45, 2.75) is 13.8 Å². The number of hydrogen-bond donors (Lipinski definition) is 1. The maximum absolute atomic E-state index is 5.65. The van der Waals surface area contributed by atoms with Crippen molar-refractivity contribution in [2.24, 2.45) is 11.7 Å². The second kappa shape index (κ2) is 4.94. The highest BCUT2D eigenvalue weighted by molar-refractivity contribution is 9.11. The van der Waals surface area contributed by atoms with Gasteiger partial charge in [0.25, 0.3) is 0 Å². The van der Waals surface area contributed by atoms with Gasteiger partial charge < -0.3 is 5.73 Å². The van der Waals surface area contributed by atoms with E-state index in [2.05, 4.69) is 48.0 Å². The molecule has 0 aromatic carbocycles. The summed E-state index contributed by atoms with van der Waals surface area (Å²) in [6, 6.07) is 4.16. The molecule has 0 amide bonds. The number of halogens is 1. The minimum atomic E-state index is 0.533. The number of thiophene rings is 1. The highest BCUT2D eigenvalue weighted by Gasteiger charge is 2.01. The van der Waals surface area contributed by atoms with E-state index < -0.39 is 0 Å². The zero-order chi connectivity index (χ0) is 9.84. The van der Waals surface area contributed by atoms with Crippen molar-refractivity contribution < 1.29 is 0 Å². The van der Waals surface area contributed by atoms with E-state index in [1.54, 1.807) is 11.3 Å². The highest BCUT2D eigenvalue weighted by atomic mass is 79.9. The van der Waals surface area contributed by atoms with Gasteiger partial charge in [0.1, 0.15) is 0 Å². The lowest BCUT2D eigenvalue weighted by Gasteiger charge is -2.07. The minimum absolute atomic E-state index is 0.533. The van der Waals surface area contributed by atoms with Crippen LogP contribution in [0.3, 0.4) is 0 Å². The van der Waals surface area contributed by atoms with Gasteiger partial charge in [-0.1, -0.05) is 19.4 Å². The summed E-state index contributed by atoms with van der Waals surface area (Å²) in [4.78, 5) is 1.26. The molecule has 2 N–H and O–H groups in total. The molecule has 0 bridgehead atoms. The molecule has 0 atom stereocenters. The standard InChI is InChI=1S/C10H14BrNS/c1-7(2)8(6-12)5-9-3-4-10(11)13-9/h3-5,7H,6,12H2,1-2H3. The smallest absolute Gasteiger partial charge is 0.0704 e. The zero-order valence-corrected chi connectivity index (χ0v) is 10.3. The van der Waals surface area contributed by atoms with Gasteiger partial charge >= 0.3 is 0 Å². The fraction of sp³-hybridized carbons (Fsp3) is 0.400. The van der Waals surface area contributed by atoms with Crippen LogP contribution in [-0.4, -0.2) is 6.54 Å². The second-order valence-corrected chi connectivity index (χ2v) is 5.71. The molecule has 13 heavy (non-hydrogen) atoms. The van der Waals surface area contributed by atoms with E-state index in [0.29, 0.717) is 12.5 Å². The fourth-order valence-electron chi connectivity index (χ4n) is 1.05. The van der Waals surface area contributed by atoms with Crippen LogP contribution in [0.1, 0.15) is 18.7 Å². The summed E-state index contributed by atoms with van der Waals surface area (Å²) in [6.45, 7) is 4.98. The van der Waals surface area contributed by atoms with Gasteiger partial charge in [-0.3, -0.25) is 0 Å². The molecule has 0 aliphatic heterocycles. The molecule has 0 radical (unpaired) electrons. The van der Waals surface area contributed by atoms with Gasteiger partial charge in [-0.25, -0.2) is 0 Å². The SMILES string of the molecule is CC(C)C(=Cc1ccc(Br)s1)CN. The Hall–Kier alpha value is -0.120. The third-order valence-electron chi connectivity index (χ3n) is 1.90. The van der Waals surface area contributed by atoms with E-state index in [-0.39, 0.29) is 0 Å². The third kappa shape index (κ3) is 3.25. The van der Waals surface area contributed by atoms with E-state index in [4.69, 9.17) is 5.73 Å². The van der Waals surface area contributed by atoms with Crippen molar-refractivity contribution in [2.75, 3.05) is 6.54 Å². The average Bonchev–Trinajstić information content (AvgIpc) is 2.46. The van der Waals surface area contributed by atoms with Crippen LogP contribution >= 0.6 is 27.3 Å². The Kier molecular flexibility index (Phi) is 4.16. The van der Waals surface area contributed by atoms with E-state index in [1.165, 1.54) is 14.2 Å². The van der Waals surface area contributed by atoms with E-state index >= 15 is 0 Å². The molecule has 72 valence electrons. The lowest BCUT2D eigenvalue weighted by Crippen LogP contribution is -2.07. The Morgan fingerprint density at radius 1 is 1.62 bits per heavy atom. The Morgan fingerprint density at radius 3 is 2.69 bits per heavy atom. The molecule has 0 saturated heterocycles. The Balaban J connectivity index is 2.84. The molecule has 3 heteroatoms. The van der Waals surface area contributed by atoms with Crippen LogP contribution in [0.25, 0.3) is 6.08 Å². The number of rotatable bonds is 3. The van der Waals surface area contributed by atoms with Crippen LogP contribution in [0.15, 0.2) is 21.5 Å². The van der Waals surface area contributed by atoms with Crippen molar-refractivity contribution in [3.05, 3.63) is 26.4 Å². The molecular weight excluding hydrogens is 246 g/mol. The Morgan fingerprint density at radius 2 is 2.31 bits per heavy atom. The largest absolute Gasteiger partial charge is 0.327 e. The maximum atomic E-state index is 5.65. The van der Waals surface area contributed by atoms with Crippen molar-refractivity contribution in [1.82, 2.24) is 0 Å². The number of nitrogens with two attached hydrogens (primary N) is 1. The summed E-state index contributed by atoms with van der Waals surface area (Å²) in [5.41, 5.74) is 6.95. The van der Waals surface area contributed by atoms with Crippen molar-refractivity contribution in [1.29, 1.82) is 0 Å². The van der Waals surface area contributed by atoms with Gasteiger partial charge in [0, 0.05) is 11.4 Å². The lowest BCUT2D eigenvalue weighted by atomic mass is 10.0. The van der Waals surface area contributed by atoms with Crippen molar-refractivity contribution in [3.8, 4) is 0 Å². The van der Waals surface area contributed by atoms with Gasteiger partial charge in [0.05, 0.1) is 3.79 Å². The molecular formula is C10H14BrNS. The van der Waals surface area contributed by atoms with Gasteiger partial charge in [0.2, 0.25) is 0 Å². The molecule has 1 aromatic heterocycles. The van der Waals surface area contributed by atoms with Crippen LogP contribution in [0.5, 0.6) is 0 Å². The predicted molar refractivity (Wildman–Crippen MR) is 63.9 cm³/mol. The first kappa shape index (κ1) is 11.0. The average molecular weight is 260 g/mol. The quantitative estimate of drug-likeness (QED) is 0.884. The molecule has 1 nitrogen and oxygen atoms in total. The first-order chi connectivity index (χ1) is 6.13. The number of hydrogen-bond acceptors (Lipinski definition) is 2. The monoisotopic (exact) mass is 259 g/mol. The summed E-state index contributed by atoms with van der Waals surface area (Å²) in [5, 5.41) is 0. The second-order valence-electron chi connectivity index (χ2n) is 3.22. The van der Waals surface area contributed by atoms with E-state index in [9.17, 15) is 0 Å². The van der Waals surface area contributed by atoms with Crippen LogP contribution in [0.2, 0.25) is 0 Å². The van der Waals surface area contributed by atoms with E-state index in [1.807, 2.05) is 0 Å². The predicted octanol–water partition coefficient (Wildman–Crippen LogP) is 3.51. The van der Waals surface area contributed by atoms with Gasteiger partial charge in [-0.05, 0) is 40.1 Å². The summed E-state index contributed by atoms with van der Waals surface area (Å²) < 4.78 is 1.17. The highest BCUT2D eigenvalue weighted by Crippen LogP contribution is 2.25. The normalized spacial score (nSPS) is 12.5. The fourth-order valence-corrected chi connectivity index (χ4v) is 2.45. The molecule has 0 aliphatic carbocycles. The molecule has 0 aliphatic rings. The Labute approximate surface area is 91.8 Å². The Bertz CT molecular complexity index is 302. The molecule has 0 unspecified atom stereocenters. The van der Waals surface area contributed by atoms with Crippen LogP contribution in [0.4, 0.5) is 0 Å². The third-order valence-corrected chi connectivity index (χ3v) is 3.47. The molecule has 1 aromatic rings. The first-order valence-electron chi connectivity index (χ1n) is 4.29.